The second-order valence-electron chi connectivity index (χ2n) is 3.35. The number of ketones is 1. The predicted molar refractivity (Wildman–Crippen MR) is 56.2 cm³/mol. The van der Waals surface area contributed by atoms with E-state index in [1.54, 1.807) is 14.0 Å². The summed E-state index contributed by atoms with van der Waals surface area (Å²) in [7, 11) is 1.60. The minimum absolute atomic E-state index is 0.0408. The summed E-state index contributed by atoms with van der Waals surface area (Å²) in [6, 6.07) is -0.392. The van der Waals surface area contributed by atoms with Crippen molar-refractivity contribution in [3.05, 3.63) is 10.4 Å². The molecule has 1 atom stereocenters. The highest BCUT2D eigenvalue weighted by Gasteiger charge is 2.18. The van der Waals surface area contributed by atoms with Crippen LogP contribution in [0.1, 0.15) is 26.7 Å². The van der Waals surface area contributed by atoms with Crippen LogP contribution in [-0.4, -0.2) is 36.2 Å². The van der Waals surface area contributed by atoms with Crippen molar-refractivity contribution in [2.24, 2.45) is 5.11 Å². The van der Waals surface area contributed by atoms with Crippen molar-refractivity contribution >= 4 is 11.7 Å². The number of hydrogen-bond donors (Lipinski definition) is 0. The topological polar surface area (TPSA) is 86.1 Å². The molecule has 84 valence electrons. The van der Waals surface area contributed by atoms with Crippen molar-refractivity contribution in [2.45, 2.75) is 32.7 Å². The van der Waals surface area contributed by atoms with Gasteiger partial charge >= 0.3 is 0 Å². The van der Waals surface area contributed by atoms with Gasteiger partial charge < -0.3 is 4.90 Å². The number of carbonyl (C=O) groups is 2. The van der Waals surface area contributed by atoms with Gasteiger partial charge in [0.05, 0.1) is 6.04 Å². The average molecular weight is 212 g/mol. The summed E-state index contributed by atoms with van der Waals surface area (Å²) in [5, 5.41) is 3.33. The molecule has 6 nitrogen and oxygen atoms in total. The summed E-state index contributed by atoms with van der Waals surface area (Å²) in [5.74, 6) is -0.147. The van der Waals surface area contributed by atoms with Gasteiger partial charge in [0.15, 0.2) is 5.78 Å². The highest BCUT2D eigenvalue weighted by molar-refractivity contribution is 5.86. The fraction of sp³-hybridized carbons (Fsp3) is 0.778. The van der Waals surface area contributed by atoms with Crippen molar-refractivity contribution in [3.63, 3.8) is 0 Å². The van der Waals surface area contributed by atoms with E-state index >= 15 is 0 Å². The molecule has 0 unspecified atom stereocenters. The second-order valence-corrected chi connectivity index (χ2v) is 3.35. The lowest BCUT2D eigenvalue weighted by Crippen LogP contribution is -2.39. The lowest BCUT2D eigenvalue weighted by atomic mass is 10.2. The fourth-order valence-electron chi connectivity index (χ4n) is 1.01. The van der Waals surface area contributed by atoms with Crippen LogP contribution in [0.3, 0.4) is 0 Å². The number of nitrogens with zero attached hydrogens (tertiary/aromatic N) is 4. The number of hydrogen-bond acceptors (Lipinski definition) is 3. The molecule has 0 saturated heterocycles. The van der Waals surface area contributed by atoms with Crippen molar-refractivity contribution in [1.82, 2.24) is 4.90 Å². The third-order valence-corrected chi connectivity index (χ3v) is 2.27. The molecule has 0 aromatic heterocycles. The van der Waals surface area contributed by atoms with Gasteiger partial charge in [0.2, 0.25) is 5.91 Å². The van der Waals surface area contributed by atoms with Crippen molar-refractivity contribution < 1.29 is 9.59 Å². The average Bonchev–Trinajstić information content (AvgIpc) is 2.21. The Morgan fingerprint density at radius 1 is 1.53 bits per heavy atom. The monoisotopic (exact) mass is 212 g/mol. The van der Waals surface area contributed by atoms with Crippen LogP contribution in [-0.2, 0) is 9.59 Å². The van der Waals surface area contributed by atoms with Gasteiger partial charge in [-0.05, 0) is 25.8 Å². The molecule has 0 fully saturated rings. The molecule has 0 bridgehead atoms. The van der Waals surface area contributed by atoms with E-state index in [2.05, 4.69) is 10.0 Å². The van der Waals surface area contributed by atoms with Crippen LogP contribution in [0.4, 0.5) is 0 Å². The molecule has 0 N–H and O–H groups in total. The zero-order chi connectivity index (χ0) is 11.8. The largest absolute Gasteiger partial charge is 0.336 e. The molecule has 0 aromatic carbocycles. The Morgan fingerprint density at radius 2 is 2.13 bits per heavy atom. The van der Waals surface area contributed by atoms with Gasteiger partial charge in [0.25, 0.3) is 0 Å². The van der Waals surface area contributed by atoms with Gasteiger partial charge in [-0.2, -0.15) is 0 Å². The number of azide groups is 1. The smallest absolute Gasteiger partial charge is 0.222 e. The minimum atomic E-state index is -0.392. The van der Waals surface area contributed by atoms with E-state index in [1.807, 2.05) is 0 Å². The van der Waals surface area contributed by atoms with Crippen LogP contribution in [0.15, 0.2) is 5.11 Å². The molecule has 0 radical (unpaired) electrons. The van der Waals surface area contributed by atoms with Crippen LogP contribution in [0.2, 0.25) is 0 Å². The molecule has 0 rings (SSSR count). The van der Waals surface area contributed by atoms with Gasteiger partial charge in [0.1, 0.15) is 0 Å². The molecule has 6 heteroatoms. The molecule has 0 aliphatic carbocycles. The second kappa shape index (κ2) is 6.84. The maximum absolute atomic E-state index is 11.5. The molecule has 0 aliphatic rings. The van der Waals surface area contributed by atoms with Crippen LogP contribution >= 0.6 is 0 Å². The molecule has 0 aliphatic heterocycles. The van der Waals surface area contributed by atoms with Gasteiger partial charge in [-0.1, -0.05) is 5.11 Å². The third kappa shape index (κ3) is 5.02. The Labute approximate surface area is 88.9 Å². The summed E-state index contributed by atoms with van der Waals surface area (Å²) >= 11 is 0. The first-order valence-corrected chi connectivity index (χ1v) is 4.77. The van der Waals surface area contributed by atoms with Crippen LogP contribution in [0.5, 0.6) is 0 Å². The number of amides is 1. The van der Waals surface area contributed by atoms with E-state index in [-0.39, 0.29) is 11.7 Å². The lowest BCUT2D eigenvalue weighted by Gasteiger charge is -2.22. The van der Waals surface area contributed by atoms with Gasteiger partial charge in [-0.25, -0.2) is 0 Å². The summed E-state index contributed by atoms with van der Waals surface area (Å²) in [6.07, 6.45) is 0.811. The highest BCUT2D eigenvalue weighted by Crippen LogP contribution is 2.02. The summed E-state index contributed by atoms with van der Waals surface area (Å²) < 4.78 is 0. The normalized spacial score (nSPS) is 11.4. The fourth-order valence-corrected chi connectivity index (χ4v) is 1.01. The number of rotatable bonds is 6. The first kappa shape index (κ1) is 13.4. The minimum Gasteiger partial charge on any atom is -0.336 e. The summed E-state index contributed by atoms with van der Waals surface area (Å²) in [5.41, 5.74) is 8.02. The van der Waals surface area contributed by atoms with E-state index in [4.69, 9.17) is 5.53 Å². The number of carbonyl (C=O) groups excluding carboxylic acids is 2. The Balaban J connectivity index is 3.99. The van der Waals surface area contributed by atoms with Gasteiger partial charge in [-0.3, -0.25) is 9.59 Å². The summed E-state index contributed by atoms with van der Waals surface area (Å²) in [4.78, 5) is 26.5. The van der Waals surface area contributed by atoms with Crippen molar-refractivity contribution in [1.29, 1.82) is 0 Å². The van der Waals surface area contributed by atoms with Gasteiger partial charge in [0, 0.05) is 24.9 Å². The maximum atomic E-state index is 11.5. The summed E-state index contributed by atoms with van der Waals surface area (Å²) in [6.45, 7) is 3.45. The zero-order valence-electron chi connectivity index (χ0n) is 9.30. The predicted octanol–water partition coefficient (Wildman–Crippen LogP) is 1.51. The molecule has 0 spiro atoms. The molecule has 1 amide bonds. The Hall–Kier alpha value is -1.55. The zero-order valence-corrected chi connectivity index (χ0v) is 9.30. The standard InChI is InChI=1S/C9H16N4O2/c1-7(8(2)14)13(3)9(15)5-4-6-11-12-10/h7H,4-6H2,1-3H3/t7-/m0/s1. The van der Waals surface area contributed by atoms with Crippen molar-refractivity contribution in [3.8, 4) is 0 Å². The van der Waals surface area contributed by atoms with Crippen LogP contribution in [0, 0.1) is 0 Å². The Morgan fingerprint density at radius 3 is 2.60 bits per heavy atom. The molecular weight excluding hydrogens is 196 g/mol. The van der Waals surface area contributed by atoms with Crippen LogP contribution < -0.4 is 0 Å². The number of Topliss-reactive ketones (excluding diaryl/α,β-unsaturated/α-hetero) is 1. The quantitative estimate of drug-likeness (QED) is 0.289. The molecule has 15 heavy (non-hydrogen) atoms. The molecule has 0 aromatic rings. The molecular formula is C9H16N4O2. The van der Waals surface area contributed by atoms with E-state index < -0.39 is 6.04 Å². The third-order valence-electron chi connectivity index (χ3n) is 2.27. The maximum Gasteiger partial charge on any atom is 0.222 e. The molecule has 0 heterocycles. The Bertz CT molecular complexity index is 284. The van der Waals surface area contributed by atoms with E-state index in [0.717, 1.165) is 0 Å². The van der Waals surface area contributed by atoms with Crippen molar-refractivity contribution in [2.75, 3.05) is 13.6 Å². The SMILES string of the molecule is CC(=O)[C@H](C)N(C)C(=O)CCCN=[N+]=[N-]. The van der Waals surface area contributed by atoms with E-state index in [9.17, 15) is 9.59 Å². The van der Waals surface area contributed by atoms with Gasteiger partial charge in [-0.15, -0.1) is 0 Å². The van der Waals surface area contributed by atoms with E-state index in [1.165, 1.54) is 11.8 Å². The highest BCUT2D eigenvalue weighted by atomic mass is 16.2. The van der Waals surface area contributed by atoms with E-state index in [0.29, 0.717) is 19.4 Å². The first-order valence-electron chi connectivity index (χ1n) is 4.77. The van der Waals surface area contributed by atoms with Crippen LogP contribution in [0.25, 0.3) is 10.4 Å². The Kier molecular flexibility index (Phi) is 6.13. The number of likely N-dealkylation sites (N-methyl/N-ethyl adjacent to an activating group) is 1. The first-order chi connectivity index (χ1) is 7.00. The molecule has 0 saturated carbocycles. The lowest BCUT2D eigenvalue weighted by molar-refractivity contribution is -0.136.